The maximum atomic E-state index is 11.1. The summed E-state index contributed by atoms with van der Waals surface area (Å²) in [7, 11) is 0. The molecule has 1 aliphatic rings. The monoisotopic (exact) mass is 193 g/mol. The summed E-state index contributed by atoms with van der Waals surface area (Å²) in [6, 6.07) is 1.62. The van der Waals surface area contributed by atoms with Crippen molar-refractivity contribution in [1.29, 1.82) is 0 Å². The zero-order chi connectivity index (χ0) is 9.80. The molecule has 0 bridgehead atoms. The lowest BCUT2D eigenvalue weighted by atomic mass is 10.2. The summed E-state index contributed by atoms with van der Waals surface area (Å²) >= 11 is 0. The highest BCUT2D eigenvalue weighted by Crippen LogP contribution is 2.16. The zero-order valence-corrected chi connectivity index (χ0v) is 8.20. The molecule has 0 unspecified atom stereocenters. The molecule has 0 aliphatic carbocycles. The highest BCUT2D eigenvalue weighted by atomic mass is 16.1. The van der Waals surface area contributed by atoms with Crippen LogP contribution in [0.4, 0.5) is 5.69 Å². The van der Waals surface area contributed by atoms with Gasteiger partial charge in [-0.2, -0.15) is 5.10 Å². The second-order valence-electron chi connectivity index (χ2n) is 3.70. The Balaban J connectivity index is 2.16. The van der Waals surface area contributed by atoms with Crippen LogP contribution >= 0.6 is 0 Å². The molecule has 2 heterocycles. The zero-order valence-electron chi connectivity index (χ0n) is 8.20. The maximum Gasteiger partial charge on any atom is 0.266 e. The van der Waals surface area contributed by atoms with Crippen LogP contribution in [0.25, 0.3) is 0 Å². The quantitative estimate of drug-likeness (QED) is 0.727. The van der Waals surface area contributed by atoms with Gasteiger partial charge in [0.05, 0.1) is 11.9 Å². The van der Waals surface area contributed by atoms with E-state index in [-0.39, 0.29) is 5.56 Å². The largest absolute Gasteiger partial charge is 0.370 e. The van der Waals surface area contributed by atoms with Crippen LogP contribution in [0.1, 0.15) is 25.7 Å². The molecule has 1 saturated heterocycles. The summed E-state index contributed by atoms with van der Waals surface area (Å²) in [4.78, 5) is 13.3. The predicted octanol–water partition coefficient (Wildman–Crippen LogP) is 1.15. The van der Waals surface area contributed by atoms with Crippen LogP contribution in [0.2, 0.25) is 0 Å². The van der Waals surface area contributed by atoms with Gasteiger partial charge in [0.2, 0.25) is 0 Å². The first-order valence-corrected chi connectivity index (χ1v) is 5.16. The third-order valence-corrected chi connectivity index (χ3v) is 2.62. The van der Waals surface area contributed by atoms with Crippen molar-refractivity contribution >= 4 is 5.69 Å². The molecule has 0 atom stereocenters. The first-order valence-electron chi connectivity index (χ1n) is 5.16. The number of aromatic nitrogens is 2. The standard InChI is InChI=1S/C10H15N3O/c14-10-7-9(8-11-12-10)13-5-3-1-2-4-6-13/h7-8H,1-6H2,(H,12,14). The Morgan fingerprint density at radius 3 is 2.57 bits per heavy atom. The summed E-state index contributed by atoms with van der Waals surface area (Å²) in [5, 5.41) is 6.21. The summed E-state index contributed by atoms with van der Waals surface area (Å²) in [5.74, 6) is 0. The van der Waals surface area contributed by atoms with Gasteiger partial charge in [-0.15, -0.1) is 0 Å². The van der Waals surface area contributed by atoms with Crippen molar-refractivity contribution in [3.63, 3.8) is 0 Å². The molecule has 0 amide bonds. The Morgan fingerprint density at radius 1 is 1.21 bits per heavy atom. The minimum Gasteiger partial charge on any atom is -0.370 e. The fraction of sp³-hybridized carbons (Fsp3) is 0.600. The average molecular weight is 193 g/mol. The molecule has 1 fully saturated rings. The van der Waals surface area contributed by atoms with Crippen LogP contribution in [-0.2, 0) is 0 Å². The van der Waals surface area contributed by atoms with Crippen LogP contribution in [-0.4, -0.2) is 23.3 Å². The molecule has 1 aromatic heterocycles. The first-order chi connectivity index (χ1) is 6.86. The van der Waals surface area contributed by atoms with E-state index in [1.165, 1.54) is 25.7 Å². The summed E-state index contributed by atoms with van der Waals surface area (Å²) in [6.07, 6.45) is 6.76. The van der Waals surface area contributed by atoms with Crippen molar-refractivity contribution in [1.82, 2.24) is 10.2 Å². The summed E-state index contributed by atoms with van der Waals surface area (Å²) < 4.78 is 0. The molecule has 0 radical (unpaired) electrons. The van der Waals surface area contributed by atoms with Gasteiger partial charge >= 0.3 is 0 Å². The van der Waals surface area contributed by atoms with Crippen LogP contribution < -0.4 is 10.5 Å². The molecule has 14 heavy (non-hydrogen) atoms. The van der Waals surface area contributed by atoms with Gasteiger partial charge in [0.25, 0.3) is 5.56 Å². The maximum absolute atomic E-state index is 11.1. The SMILES string of the molecule is O=c1cc(N2CCCCCC2)cn[nH]1. The van der Waals surface area contributed by atoms with Gasteiger partial charge in [-0.25, -0.2) is 5.10 Å². The van der Waals surface area contributed by atoms with Crippen LogP contribution in [0.3, 0.4) is 0 Å². The number of hydrogen-bond acceptors (Lipinski definition) is 3. The Morgan fingerprint density at radius 2 is 1.93 bits per heavy atom. The highest BCUT2D eigenvalue weighted by molar-refractivity contribution is 5.42. The van der Waals surface area contributed by atoms with E-state index in [1.807, 2.05) is 0 Å². The molecular weight excluding hydrogens is 178 g/mol. The second-order valence-corrected chi connectivity index (χ2v) is 3.70. The Labute approximate surface area is 82.9 Å². The minimum atomic E-state index is -0.119. The fourth-order valence-corrected chi connectivity index (χ4v) is 1.87. The molecule has 2 rings (SSSR count). The highest BCUT2D eigenvalue weighted by Gasteiger charge is 2.09. The van der Waals surface area contributed by atoms with E-state index in [0.717, 1.165) is 18.8 Å². The van der Waals surface area contributed by atoms with Crippen LogP contribution in [0, 0.1) is 0 Å². The fourth-order valence-electron chi connectivity index (χ4n) is 1.87. The van der Waals surface area contributed by atoms with Crippen molar-refractivity contribution in [2.75, 3.05) is 18.0 Å². The number of hydrogen-bond donors (Lipinski definition) is 1. The Kier molecular flexibility index (Phi) is 2.81. The Hall–Kier alpha value is -1.32. The number of nitrogens with zero attached hydrogens (tertiary/aromatic N) is 2. The van der Waals surface area contributed by atoms with Crippen molar-refractivity contribution in [2.24, 2.45) is 0 Å². The van der Waals surface area contributed by atoms with E-state index >= 15 is 0 Å². The predicted molar refractivity (Wildman–Crippen MR) is 55.5 cm³/mol. The molecular formula is C10H15N3O. The van der Waals surface area contributed by atoms with Crippen LogP contribution in [0.15, 0.2) is 17.1 Å². The van der Waals surface area contributed by atoms with Gasteiger partial charge in [-0.05, 0) is 12.8 Å². The summed E-state index contributed by atoms with van der Waals surface area (Å²) in [5.41, 5.74) is 0.836. The average Bonchev–Trinajstić information content (AvgIpc) is 2.45. The smallest absolute Gasteiger partial charge is 0.266 e. The van der Waals surface area contributed by atoms with Gasteiger partial charge in [0.15, 0.2) is 0 Å². The second kappa shape index (κ2) is 4.26. The number of rotatable bonds is 1. The van der Waals surface area contributed by atoms with E-state index in [9.17, 15) is 4.79 Å². The lowest BCUT2D eigenvalue weighted by Gasteiger charge is -2.21. The molecule has 0 saturated carbocycles. The van der Waals surface area contributed by atoms with E-state index in [0.29, 0.717) is 0 Å². The molecule has 76 valence electrons. The molecule has 1 aliphatic heterocycles. The van der Waals surface area contributed by atoms with Gasteiger partial charge in [-0.3, -0.25) is 4.79 Å². The molecule has 1 N–H and O–H groups in total. The molecule has 4 heteroatoms. The van der Waals surface area contributed by atoms with E-state index < -0.39 is 0 Å². The van der Waals surface area contributed by atoms with Crippen molar-refractivity contribution in [3.05, 3.63) is 22.6 Å². The number of aromatic amines is 1. The van der Waals surface area contributed by atoms with E-state index in [1.54, 1.807) is 12.3 Å². The van der Waals surface area contributed by atoms with Gasteiger partial charge in [-0.1, -0.05) is 12.8 Å². The molecule has 0 spiro atoms. The number of nitrogens with one attached hydrogen (secondary N) is 1. The third-order valence-electron chi connectivity index (χ3n) is 2.62. The van der Waals surface area contributed by atoms with E-state index in [2.05, 4.69) is 15.1 Å². The van der Waals surface area contributed by atoms with Gasteiger partial charge in [0.1, 0.15) is 0 Å². The van der Waals surface area contributed by atoms with Crippen molar-refractivity contribution in [2.45, 2.75) is 25.7 Å². The summed E-state index contributed by atoms with van der Waals surface area (Å²) in [6.45, 7) is 2.09. The first kappa shape index (κ1) is 9.24. The van der Waals surface area contributed by atoms with Crippen molar-refractivity contribution < 1.29 is 0 Å². The van der Waals surface area contributed by atoms with Crippen LogP contribution in [0.5, 0.6) is 0 Å². The lowest BCUT2D eigenvalue weighted by Crippen LogP contribution is -2.25. The molecule has 1 aromatic rings. The van der Waals surface area contributed by atoms with Gasteiger partial charge < -0.3 is 4.90 Å². The topological polar surface area (TPSA) is 49.0 Å². The normalized spacial score (nSPS) is 17.9. The number of H-pyrrole nitrogens is 1. The van der Waals surface area contributed by atoms with Gasteiger partial charge in [0, 0.05) is 19.2 Å². The van der Waals surface area contributed by atoms with Crippen molar-refractivity contribution in [3.8, 4) is 0 Å². The molecule has 4 nitrogen and oxygen atoms in total. The molecule has 0 aromatic carbocycles. The minimum absolute atomic E-state index is 0.119. The third kappa shape index (κ3) is 2.13. The van der Waals surface area contributed by atoms with E-state index in [4.69, 9.17) is 0 Å². The Bertz CT molecular complexity index is 339. The number of anilines is 1. The lowest BCUT2D eigenvalue weighted by molar-refractivity contribution is 0.726.